The van der Waals surface area contributed by atoms with E-state index in [1.165, 1.54) is 11.8 Å². The summed E-state index contributed by atoms with van der Waals surface area (Å²) < 4.78 is 0. The molecule has 0 saturated carbocycles. The molecule has 4 N–H and O–H groups in total. The summed E-state index contributed by atoms with van der Waals surface area (Å²) in [5.74, 6) is 0.397. The fraction of sp³-hybridized carbons (Fsp3) is 0.0800. The lowest BCUT2D eigenvalue weighted by Crippen LogP contribution is -2.39. The minimum atomic E-state index is -0.473. The Kier molecular flexibility index (Phi) is 5.82. The van der Waals surface area contributed by atoms with Gasteiger partial charge in [-0.3, -0.25) is 9.69 Å². The summed E-state index contributed by atoms with van der Waals surface area (Å²) in [6.07, 6.45) is 1.43. The molecule has 0 radical (unpaired) electrons. The number of para-hydroxylation sites is 3. The number of amidine groups is 1. The number of nitrogens with zero attached hydrogens (tertiary/aromatic N) is 3. The summed E-state index contributed by atoms with van der Waals surface area (Å²) in [4.78, 5) is 27.4. The second-order valence-electron chi connectivity index (χ2n) is 7.43. The van der Waals surface area contributed by atoms with E-state index in [1.807, 2.05) is 91.1 Å². The second-order valence-corrected chi connectivity index (χ2v) is 8.39. The molecule has 1 atom stereocenters. The second kappa shape index (κ2) is 9.22. The molecular weight excluding hydrogens is 432 g/mol. The number of benzene rings is 3. The third kappa shape index (κ3) is 4.47. The highest BCUT2D eigenvalue weighted by molar-refractivity contribution is 8.14. The molecule has 0 fully saturated rings. The zero-order valence-electron chi connectivity index (χ0n) is 17.7. The Morgan fingerprint density at radius 1 is 0.909 bits per heavy atom. The first-order valence-electron chi connectivity index (χ1n) is 10.5. The number of guanidine groups is 1. The summed E-state index contributed by atoms with van der Waals surface area (Å²) >= 11 is 1.31. The number of aromatic nitrogens is 1. The molecule has 164 valence electrons. The van der Waals surface area contributed by atoms with Crippen LogP contribution in [0.25, 0.3) is 10.9 Å². The van der Waals surface area contributed by atoms with Gasteiger partial charge in [0.1, 0.15) is 0 Å². The zero-order valence-corrected chi connectivity index (χ0v) is 18.5. The molecule has 1 aliphatic heterocycles. The monoisotopic (exact) mass is 454 g/mol. The first kappa shape index (κ1) is 20.8. The van der Waals surface area contributed by atoms with Crippen molar-refractivity contribution in [2.75, 3.05) is 10.7 Å². The van der Waals surface area contributed by atoms with Crippen LogP contribution in [0.5, 0.6) is 0 Å². The molecule has 2 heterocycles. The minimum absolute atomic E-state index is 0.0633. The third-order valence-corrected chi connectivity index (χ3v) is 6.12. The van der Waals surface area contributed by atoms with Crippen molar-refractivity contribution in [3.63, 3.8) is 0 Å². The van der Waals surface area contributed by atoms with Crippen LogP contribution in [-0.4, -0.2) is 27.8 Å². The molecule has 0 saturated heterocycles. The normalized spacial score (nSPS) is 15.5. The third-order valence-electron chi connectivity index (χ3n) is 5.25. The van der Waals surface area contributed by atoms with Gasteiger partial charge in [-0.15, -0.1) is 0 Å². The van der Waals surface area contributed by atoms with Crippen molar-refractivity contribution in [2.45, 2.75) is 6.17 Å². The molecule has 33 heavy (non-hydrogen) atoms. The van der Waals surface area contributed by atoms with Gasteiger partial charge < -0.3 is 16.0 Å². The highest BCUT2D eigenvalue weighted by Gasteiger charge is 2.23. The number of nitrogens with one attached hydrogen (secondary N) is 2. The SMILES string of the molecule is NC1=N[C@H](c2c[nH]c3ccccc23)N=C(SCC(=O)N(c2ccccc2)c2ccccc2)N1. The fourth-order valence-electron chi connectivity index (χ4n) is 3.75. The number of hydrogen-bond acceptors (Lipinski definition) is 6. The summed E-state index contributed by atoms with van der Waals surface area (Å²) in [5.41, 5.74) is 9.63. The summed E-state index contributed by atoms with van der Waals surface area (Å²) in [7, 11) is 0. The lowest BCUT2D eigenvalue weighted by Gasteiger charge is -2.24. The van der Waals surface area contributed by atoms with Crippen molar-refractivity contribution in [3.8, 4) is 0 Å². The van der Waals surface area contributed by atoms with E-state index < -0.39 is 6.17 Å². The van der Waals surface area contributed by atoms with Crippen LogP contribution in [0.4, 0.5) is 11.4 Å². The molecule has 8 heteroatoms. The van der Waals surface area contributed by atoms with Crippen LogP contribution in [0.15, 0.2) is 101 Å². The van der Waals surface area contributed by atoms with Gasteiger partial charge in [-0.1, -0.05) is 66.4 Å². The number of anilines is 2. The molecule has 1 aromatic heterocycles. The Labute approximate surface area is 195 Å². The van der Waals surface area contributed by atoms with E-state index in [4.69, 9.17) is 10.7 Å². The molecule has 4 aromatic rings. The standard InChI is InChI=1S/C25H22N6OS/c26-24-28-23(20-15-27-21-14-8-7-13-19(20)21)29-25(30-24)33-16-22(32)31(17-9-3-1-4-10-17)18-11-5-2-6-12-18/h1-15,23,27H,16H2,(H3,26,28,29,30)/t23-/m0/s1. The molecule has 0 spiro atoms. The fourth-order valence-corrected chi connectivity index (χ4v) is 4.49. The van der Waals surface area contributed by atoms with Gasteiger partial charge in [0.25, 0.3) is 0 Å². The molecule has 7 nitrogen and oxygen atoms in total. The number of rotatable bonds is 5. The summed E-state index contributed by atoms with van der Waals surface area (Å²) in [6, 6.07) is 27.2. The maximum absolute atomic E-state index is 13.3. The van der Waals surface area contributed by atoms with Gasteiger partial charge in [-0.2, -0.15) is 0 Å². The van der Waals surface area contributed by atoms with Crippen LogP contribution in [0.1, 0.15) is 11.7 Å². The number of fused-ring (bicyclic) bond motifs is 1. The van der Waals surface area contributed by atoms with E-state index in [1.54, 1.807) is 4.90 Å². The Bertz CT molecular complexity index is 1290. The predicted molar refractivity (Wildman–Crippen MR) is 136 cm³/mol. The van der Waals surface area contributed by atoms with Gasteiger partial charge in [0, 0.05) is 34.0 Å². The number of hydrogen-bond donors (Lipinski definition) is 3. The first-order valence-corrected chi connectivity index (χ1v) is 11.5. The molecule has 0 unspecified atom stereocenters. The van der Waals surface area contributed by atoms with Crippen molar-refractivity contribution in [3.05, 3.63) is 96.7 Å². The smallest absolute Gasteiger partial charge is 0.242 e. The maximum Gasteiger partial charge on any atom is 0.242 e. The Morgan fingerprint density at radius 3 is 2.24 bits per heavy atom. The van der Waals surface area contributed by atoms with Crippen LogP contribution in [0, 0.1) is 0 Å². The van der Waals surface area contributed by atoms with E-state index in [0.717, 1.165) is 27.8 Å². The van der Waals surface area contributed by atoms with Crippen LogP contribution >= 0.6 is 11.8 Å². The topological polar surface area (TPSA) is 98.9 Å². The van der Waals surface area contributed by atoms with Crippen LogP contribution in [0.2, 0.25) is 0 Å². The predicted octanol–water partition coefficient (Wildman–Crippen LogP) is 4.54. The van der Waals surface area contributed by atoms with Gasteiger partial charge in [-0.05, 0) is 30.3 Å². The lowest BCUT2D eigenvalue weighted by molar-refractivity contribution is -0.115. The van der Waals surface area contributed by atoms with Crippen molar-refractivity contribution < 1.29 is 4.79 Å². The summed E-state index contributed by atoms with van der Waals surface area (Å²) in [5, 5.41) is 4.60. The number of carbonyl (C=O) groups excluding carboxylic acids is 1. The largest absolute Gasteiger partial charge is 0.370 e. The molecule has 1 aliphatic rings. The average molecular weight is 455 g/mol. The highest BCUT2D eigenvalue weighted by atomic mass is 32.2. The highest BCUT2D eigenvalue weighted by Crippen LogP contribution is 2.30. The Balaban J connectivity index is 1.37. The van der Waals surface area contributed by atoms with Crippen LogP contribution in [-0.2, 0) is 4.79 Å². The van der Waals surface area contributed by atoms with Crippen molar-refractivity contribution in [1.29, 1.82) is 0 Å². The molecule has 5 rings (SSSR count). The van der Waals surface area contributed by atoms with Gasteiger partial charge in [0.05, 0.1) is 5.75 Å². The molecule has 0 aliphatic carbocycles. The lowest BCUT2D eigenvalue weighted by atomic mass is 10.1. The van der Waals surface area contributed by atoms with E-state index in [-0.39, 0.29) is 17.6 Å². The minimum Gasteiger partial charge on any atom is -0.370 e. The van der Waals surface area contributed by atoms with E-state index in [9.17, 15) is 4.79 Å². The summed E-state index contributed by atoms with van der Waals surface area (Å²) in [6.45, 7) is 0. The molecule has 1 amide bonds. The number of thioether (sulfide) groups is 1. The van der Waals surface area contributed by atoms with Crippen molar-refractivity contribution in [1.82, 2.24) is 10.3 Å². The maximum atomic E-state index is 13.3. The molecule has 0 bridgehead atoms. The van der Waals surface area contributed by atoms with Crippen LogP contribution < -0.4 is 16.0 Å². The molecular formula is C25H22N6OS. The van der Waals surface area contributed by atoms with E-state index >= 15 is 0 Å². The van der Waals surface area contributed by atoms with Crippen LogP contribution in [0.3, 0.4) is 0 Å². The Hall–Kier alpha value is -4.04. The van der Waals surface area contributed by atoms with E-state index in [2.05, 4.69) is 15.3 Å². The van der Waals surface area contributed by atoms with Crippen molar-refractivity contribution in [2.24, 2.45) is 15.7 Å². The van der Waals surface area contributed by atoms with Crippen molar-refractivity contribution >= 4 is 51.1 Å². The number of amides is 1. The molecule has 3 aromatic carbocycles. The number of H-pyrrole nitrogens is 1. The number of nitrogens with two attached hydrogens (primary N) is 1. The number of aromatic amines is 1. The zero-order chi connectivity index (χ0) is 22.6. The Morgan fingerprint density at radius 2 is 1.55 bits per heavy atom. The van der Waals surface area contributed by atoms with Gasteiger partial charge in [0.15, 0.2) is 17.3 Å². The quantitative estimate of drug-likeness (QED) is 0.412. The first-order chi connectivity index (χ1) is 16.2. The van der Waals surface area contributed by atoms with Gasteiger partial charge in [-0.25, -0.2) is 9.98 Å². The van der Waals surface area contributed by atoms with Gasteiger partial charge in [0.2, 0.25) is 5.91 Å². The average Bonchev–Trinajstić information content (AvgIpc) is 3.28. The number of carbonyl (C=O) groups is 1. The number of aliphatic imine (C=N–C) groups is 2. The van der Waals surface area contributed by atoms with Gasteiger partial charge >= 0.3 is 0 Å². The van der Waals surface area contributed by atoms with E-state index in [0.29, 0.717) is 5.17 Å².